The van der Waals surface area contributed by atoms with E-state index in [1.54, 1.807) is 23.1 Å². The lowest BCUT2D eigenvalue weighted by Gasteiger charge is -2.36. The molecule has 40 heavy (non-hydrogen) atoms. The van der Waals surface area contributed by atoms with E-state index in [1.807, 2.05) is 29.2 Å². The number of ether oxygens (including phenoxy) is 3. The first-order chi connectivity index (χ1) is 19.5. The second-order valence-corrected chi connectivity index (χ2v) is 10.4. The largest absolute Gasteiger partial charge is 0.454 e. The molecular formula is C30H33N5O5. The molecule has 0 aliphatic carbocycles. The fraction of sp³-hybridized carbons (Fsp3) is 0.400. The first-order valence-electron chi connectivity index (χ1n) is 13.8. The summed E-state index contributed by atoms with van der Waals surface area (Å²) in [4.78, 5) is 32.5. The van der Waals surface area contributed by atoms with Crippen molar-refractivity contribution in [1.82, 2.24) is 20.0 Å². The smallest absolute Gasteiger partial charge is 0.254 e. The Labute approximate surface area is 233 Å². The van der Waals surface area contributed by atoms with Crippen molar-refractivity contribution in [3.05, 3.63) is 65.7 Å². The third kappa shape index (κ3) is 5.72. The van der Waals surface area contributed by atoms with Crippen molar-refractivity contribution in [2.24, 2.45) is 0 Å². The molecule has 0 radical (unpaired) electrons. The maximum atomic E-state index is 13.5. The lowest BCUT2D eigenvalue weighted by molar-refractivity contribution is -0.132. The highest BCUT2D eigenvalue weighted by Gasteiger charge is 2.29. The van der Waals surface area contributed by atoms with Crippen molar-refractivity contribution >= 4 is 17.6 Å². The maximum Gasteiger partial charge on any atom is 0.254 e. The number of anilines is 1. The molecule has 10 nitrogen and oxygen atoms in total. The minimum absolute atomic E-state index is 0.00180. The van der Waals surface area contributed by atoms with Crippen molar-refractivity contribution in [1.29, 1.82) is 0 Å². The van der Waals surface area contributed by atoms with Crippen LogP contribution >= 0.6 is 0 Å². The van der Waals surface area contributed by atoms with Gasteiger partial charge < -0.3 is 28.9 Å². The van der Waals surface area contributed by atoms with Gasteiger partial charge in [-0.25, -0.2) is 0 Å². The summed E-state index contributed by atoms with van der Waals surface area (Å²) in [5, 5.41) is 8.87. The molecule has 0 saturated carbocycles. The molecule has 0 bridgehead atoms. The third-order valence-corrected chi connectivity index (χ3v) is 7.64. The number of benzene rings is 2. The zero-order valence-corrected chi connectivity index (χ0v) is 22.6. The van der Waals surface area contributed by atoms with Gasteiger partial charge in [0.2, 0.25) is 12.7 Å². The van der Waals surface area contributed by atoms with E-state index in [4.69, 9.17) is 14.2 Å². The minimum Gasteiger partial charge on any atom is -0.454 e. The lowest BCUT2D eigenvalue weighted by atomic mass is 10.1. The number of carbonyl (C=O) groups excluding carboxylic acids is 2. The molecule has 3 aliphatic heterocycles. The molecule has 1 unspecified atom stereocenters. The van der Waals surface area contributed by atoms with Crippen molar-refractivity contribution in [2.75, 3.05) is 57.6 Å². The second-order valence-electron chi connectivity index (χ2n) is 10.4. The zero-order valence-electron chi connectivity index (χ0n) is 22.6. The molecule has 0 N–H and O–H groups in total. The van der Waals surface area contributed by atoms with E-state index in [-0.39, 0.29) is 31.3 Å². The van der Waals surface area contributed by atoms with Gasteiger partial charge in [-0.05, 0) is 50.1 Å². The Hall–Kier alpha value is -4.18. The maximum absolute atomic E-state index is 13.5. The van der Waals surface area contributed by atoms with Gasteiger partial charge in [0, 0.05) is 50.5 Å². The summed E-state index contributed by atoms with van der Waals surface area (Å²) in [7, 11) is 0. The Balaban J connectivity index is 1.08. The average Bonchev–Trinajstić information content (AvgIpc) is 3.69. The quantitative estimate of drug-likeness (QED) is 0.449. The molecule has 1 aromatic heterocycles. The Morgan fingerprint density at radius 3 is 2.48 bits per heavy atom. The number of carbonyl (C=O) groups is 2. The van der Waals surface area contributed by atoms with Gasteiger partial charge in [-0.2, -0.15) is 0 Å². The average molecular weight is 544 g/mol. The van der Waals surface area contributed by atoms with E-state index < -0.39 is 0 Å². The lowest BCUT2D eigenvalue weighted by Crippen LogP contribution is -2.52. The van der Waals surface area contributed by atoms with Crippen molar-refractivity contribution < 1.29 is 23.8 Å². The molecule has 3 aliphatic rings. The summed E-state index contributed by atoms with van der Waals surface area (Å²) in [5.41, 5.74) is 3.53. The Bertz CT molecular complexity index is 1350. The first-order valence-corrected chi connectivity index (χ1v) is 13.8. The number of aryl methyl sites for hydroxylation is 1. The van der Waals surface area contributed by atoms with Gasteiger partial charge in [0.05, 0.1) is 11.8 Å². The topological polar surface area (TPSA) is 97.3 Å². The van der Waals surface area contributed by atoms with Crippen LogP contribution in [0.2, 0.25) is 0 Å². The van der Waals surface area contributed by atoms with Gasteiger partial charge in [0.25, 0.3) is 5.91 Å². The van der Waals surface area contributed by atoms with E-state index in [1.165, 1.54) is 5.56 Å². The van der Waals surface area contributed by atoms with Crippen molar-refractivity contribution in [3.8, 4) is 22.8 Å². The molecule has 2 fully saturated rings. The van der Waals surface area contributed by atoms with Gasteiger partial charge in [0.15, 0.2) is 17.3 Å². The molecule has 0 spiro atoms. The van der Waals surface area contributed by atoms with Crippen molar-refractivity contribution in [2.45, 2.75) is 25.9 Å². The number of rotatable bonds is 7. The molecular weight excluding hydrogens is 510 g/mol. The molecule has 4 heterocycles. The summed E-state index contributed by atoms with van der Waals surface area (Å²) in [6.07, 6.45) is 1.77. The molecule has 2 saturated heterocycles. The SMILES string of the molecule is Cc1ccc(-c2ccc(N3CCN(C(=O)CN(CC4CCCO4)C(=O)c4ccc5c(c4)OCO5)CC3)nn2)cc1. The summed E-state index contributed by atoms with van der Waals surface area (Å²) in [6.45, 7) is 5.64. The highest BCUT2D eigenvalue weighted by atomic mass is 16.7. The van der Waals surface area contributed by atoms with Gasteiger partial charge in [0.1, 0.15) is 6.54 Å². The summed E-state index contributed by atoms with van der Waals surface area (Å²) in [5.74, 6) is 1.66. The van der Waals surface area contributed by atoms with E-state index in [0.717, 1.165) is 29.9 Å². The highest BCUT2D eigenvalue weighted by Crippen LogP contribution is 2.33. The number of fused-ring (bicyclic) bond motifs is 1. The van der Waals surface area contributed by atoms with Crippen LogP contribution in [0.4, 0.5) is 5.82 Å². The molecule has 2 amide bonds. The Morgan fingerprint density at radius 1 is 0.950 bits per heavy atom. The van der Waals surface area contributed by atoms with E-state index in [2.05, 4.69) is 34.2 Å². The first kappa shape index (κ1) is 26.1. The van der Waals surface area contributed by atoms with Crippen molar-refractivity contribution in [3.63, 3.8) is 0 Å². The van der Waals surface area contributed by atoms with Gasteiger partial charge in [-0.15, -0.1) is 10.2 Å². The van der Waals surface area contributed by atoms with E-state index in [0.29, 0.717) is 56.4 Å². The highest BCUT2D eigenvalue weighted by molar-refractivity contribution is 5.97. The minimum atomic E-state index is -0.218. The molecule has 6 rings (SSSR count). The standard InChI is InChI=1S/C30H33N5O5/c1-21-4-6-22(7-5-21)25-9-11-28(32-31-25)33-12-14-34(15-13-33)29(36)19-35(18-24-3-2-16-38-24)30(37)23-8-10-26-27(17-23)40-20-39-26/h4-11,17,24H,2-3,12-16,18-20H2,1H3. The van der Waals surface area contributed by atoms with Crippen LogP contribution in [0.3, 0.4) is 0 Å². The number of nitrogens with zero attached hydrogens (tertiary/aromatic N) is 5. The summed E-state index contributed by atoms with van der Waals surface area (Å²) < 4.78 is 16.6. The van der Waals surface area contributed by atoms with Gasteiger partial charge >= 0.3 is 0 Å². The van der Waals surface area contributed by atoms with Crippen LogP contribution in [0.1, 0.15) is 28.8 Å². The van der Waals surface area contributed by atoms with Crippen LogP contribution in [-0.4, -0.2) is 90.6 Å². The normalized spacial score (nSPS) is 18.2. The van der Waals surface area contributed by atoms with Crippen LogP contribution in [0.15, 0.2) is 54.6 Å². The monoisotopic (exact) mass is 543 g/mol. The number of hydrogen-bond acceptors (Lipinski definition) is 8. The van der Waals surface area contributed by atoms with Crippen LogP contribution in [0, 0.1) is 6.92 Å². The number of hydrogen-bond donors (Lipinski definition) is 0. The fourth-order valence-electron chi connectivity index (χ4n) is 5.29. The molecule has 2 aromatic carbocycles. The second kappa shape index (κ2) is 11.5. The van der Waals surface area contributed by atoms with Gasteiger partial charge in [-0.1, -0.05) is 29.8 Å². The number of amides is 2. The number of piperazine rings is 1. The molecule has 208 valence electrons. The van der Waals surface area contributed by atoms with E-state index in [9.17, 15) is 9.59 Å². The molecule has 10 heteroatoms. The zero-order chi connectivity index (χ0) is 27.5. The Kier molecular flexibility index (Phi) is 7.50. The molecule has 1 atom stereocenters. The predicted molar refractivity (Wildman–Crippen MR) is 148 cm³/mol. The Morgan fingerprint density at radius 2 is 1.75 bits per heavy atom. The third-order valence-electron chi connectivity index (χ3n) is 7.64. The summed E-state index contributed by atoms with van der Waals surface area (Å²) in [6, 6.07) is 17.3. The van der Waals surface area contributed by atoms with Crippen LogP contribution < -0.4 is 14.4 Å². The summed E-state index contributed by atoms with van der Waals surface area (Å²) >= 11 is 0. The number of aromatic nitrogens is 2. The van der Waals surface area contributed by atoms with Gasteiger partial charge in [-0.3, -0.25) is 9.59 Å². The van der Waals surface area contributed by atoms with Crippen LogP contribution in [-0.2, 0) is 9.53 Å². The molecule has 3 aromatic rings. The predicted octanol–water partition coefficient (Wildman–Crippen LogP) is 3.15. The fourth-order valence-corrected chi connectivity index (χ4v) is 5.29. The van der Waals surface area contributed by atoms with Crippen LogP contribution in [0.5, 0.6) is 11.5 Å². The van der Waals surface area contributed by atoms with Crippen LogP contribution in [0.25, 0.3) is 11.3 Å². The van der Waals surface area contributed by atoms with E-state index >= 15 is 0 Å².